The van der Waals surface area contributed by atoms with Gasteiger partial charge in [0.25, 0.3) is 0 Å². The molecule has 3 rings (SSSR count). The summed E-state index contributed by atoms with van der Waals surface area (Å²) in [5.74, 6) is -0.680. The van der Waals surface area contributed by atoms with Crippen LogP contribution in [0.5, 0.6) is 0 Å². The Morgan fingerprint density at radius 2 is 1.62 bits per heavy atom. The number of carbonyl (C=O) groups excluding carboxylic acids is 1. The van der Waals surface area contributed by atoms with E-state index in [1.807, 2.05) is 66.7 Å². The zero-order valence-corrected chi connectivity index (χ0v) is 16.7. The summed E-state index contributed by atoms with van der Waals surface area (Å²) in [5.41, 5.74) is 2.74. The summed E-state index contributed by atoms with van der Waals surface area (Å²) in [4.78, 5) is 24.4. The van der Waals surface area contributed by atoms with Gasteiger partial charge in [0, 0.05) is 17.7 Å². The second-order valence-corrected chi connectivity index (χ2v) is 7.21. The lowest BCUT2D eigenvalue weighted by Gasteiger charge is -2.19. The molecule has 5 nitrogen and oxygen atoms in total. The Morgan fingerprint density at radius 1 is 0.931 bits per heavy atom. The van der Waals surface area contributed by atoms with Crippen LogP contribution >= 0.6 is 12.6 Å². The van der Waals surface area contributed by atoms with Gasteiger partial charge in [-0.3, -0.25) is 4.79 Å². The fraction of sp³-hybridized carbons (Fsp3) is 0.217. The Labute approximate surface area is 175 Å². The van der Waals surface area contributed by atoms with E-state index in [1.165, 1.54) is 0 Å². The number of rotatable bonds is 9. The first-order valence-corrected chi connectivity index (χ1v) is 10.0. The lowest BCUT2D eigenvalue weighted by Crippen LogP contribution is -2.45. The van der Waals surface area contributed by atoms with Crippen LogP contribution in [0.25, 0.3) is 11.3 Å². The molecule has 0 saturated heterocycles. The summed E-state index contributed by atoms with van der Waals surface area (Å²) in [6, 6.07) is 19.7. The maximum Gasteiger partial charge on any atom is 0.326 e. The third kappa shape index (κ3) is 5.74. The van der Waals surface area contributed by atoms with E-state index in [2.05, 4.69) is 17.9 Å². The van der Waals surface area contributed by atoms with Crippen molar-refractivity contribution in [2.75, 3.05) is 5.75 Å². The van der Waals surface area contributed by atoms with Crippen molar-refractivity contribution in [2.24, 2.45) is 5.92 Å². The highest BCUT2D eigenvalue weighted by molar-refractivity contribution is 7.80. The fourth-order valence-corrected chi connectivity index (χ4v) is 3.41. The predicted octanol–water partition coefficient (Wildman–Crippen LogP) is 3.85. The first-order valence-electron chi connectivity index (χ1n) is 9.37. The summed E-state index contributed by atoms with van der Waals surface area (Å²) in [6.45, 7) is 0. The van der Waals surface area contributed by atoms with Crippen LogP contribution in [0.3, 0.4) is 0 Å². The molecule has 0 radical (unpaired) electrons. The molecule has 1 heterocycles. The van der Waals surface area contributed by atoms with E-state index in [-0.39, 0.29) is 12.3 Å². The first-order chi connectivity index (χ1) is 14.1. The van der Waals surface area contributed by atoms with Crippen molar-refractivity contribution >= 4 is 24.5 Å². The number of furan rings is 1. The van der Waals surface area contributed by atoms with Crippen molar-refractivity contribution in [3.63, 3.8) is 0 Å². The quantitative estimate of drug-likeness (QED) is 0.469. The number of benzene rings is 2. The standard InChI is InChI=1S/C23H23NO4S/c25-22(19(15-29)13-16-5-2-1-3-6-16)24-20(23(26)27)14-17-8-10-18(11-9-17)21-7-4-12-28-21/h1-12,19-20,29H,13-15H2,(H,24,25)(H,26,27)/t19?,20-/m0/s1. The molecule has 1 amide bonds. The van der Waals surface area contributed by atoms with Crippen LogP contribution in [-0.2, 0) is 22.4 Å². The van der Waals surface area contributed by atoms with Gasteiger partial charge in [-0.1, -0.05) is 54.6 Å². The lowest BCUT2D eigenvalue weighted by molar-refractivity contribution is -0.142. The fourth-order valence-electron chi connectivity index (χ4n) is 3.11. The number of carbonyl (C=O) groups is 2. The molecule has 0 aliphatic heterocycles. The Kier molecular flexibility index (Phi) is 7.14. The Balaban J connectivity index is 1.64. The van der Waals surface area contributed by atoms with E-state index in [0.29, 0.717) is 12.2 Å². The summed E-state index contributed by atoms with van der Waals surface area (Å²) < 4.78 is 5.36. The van der Waals surface area contributed by atoms with Gasteiger partial charge in [-0.2, -0.15) is 12.6 Å². The average molecular weight is 410 g/mol. The second kappa shape index (κ2) is 9.98. The molecule has 0 fully saturated rings. The van der Waals surface area contributed by atoms with Gasteiger partial charge in [0.1, 0.15) is 11.8 Å². The van der Waals surface area contributed by atoms with E-state index in [9.17, 15) is 14.7 Å². The SMILES string of the molecule is O=C(N[C@@H](Cc1ccc(-c2ccco2)cc1)C(=O)O)C(CS)Cc1ccccc1. The molecule has 1 unspecified atom stereocenters. The Hall–Kier alpha value is -2.99. The minimum Gasteiger partial charge on any atom is -0.480 e. The molecular formula is C23H23NO4S. The van der Waals surface area contributed by atoms with Gasteiger partial charge >= 0.3 is 5.97 Å². The number of hydrogen-bond acceptors (Lipinski definition) is 4. The summed E-state index contributed by atoms with van der Waals surface area (Å²) in [6.07, 6.45) is 2.32. The third-order valence-electron chi connectivity index (χ3n) is 4.73. The molecule has 0 bridgehead atoms. The van der Waals surface area contributed by atoms with Gasteiger partial charge in [-0.25, -0.2) is 4.79 Å². The van der Waals surface area contributed by atoms with Crippen LogP contribution in [0, 0.1) is 5.92 Å². The van der Waals surface area contributed by atoms with Gasteiger partial charge in [-0.05, 0) is 29.7 Å². The van der Waals surface area contributed by atoms with E-state index in [4.69, 9.17) is 4.42 Å². The van der Waals surface area contributed by atoms with Gasteiger partial charge in [0.15, 0.2) is 0 Å². The van der Waals surface area contributed by atoms with E-state index >= 15 is 0 Å². The Bertz CT molecular complexity index is 923. The highest BCUT2D eigenvalue weighted by Gasteiger charge is 2.25. The summed E-state index contributed by atoms with van der Waals surface area (Å²) in [7, 11) is 0. The largest absolute Gasteiger partial charge is 0.480 e. The van der Waals surface area contributed by atoms with Crippen molar-refractivity contribution in [3.05, 3.63) is 84.1 Å². The molecule has 0 aliphatic rings. The number of nitrogens with one attached hydrogen (secondary N) is 1. The maximum atomic E-state index is 12.7. The highest BCUT2D eigenvalue weighted by atomic mass is 32.1. The van der Waals surface area contributed by atoms with Gasteiger partial charge in [0.05, 0.1) is 12.2 Å². The number of carboxylic acid groups (broad SMARTS) is 1. The van der Waals surface area contributed by atoms with Crippen LogP contribution in [-0.4, -0.2) is 28.8 Å². The molecule has 2 atom stereocenters. The number of hydrogen-bond donors (Lipinski definition) is 3. The maximum absolute atomic E-state index is 12.7. The van der Waals surface area contributed by atoms with Crippen LogP contribution in [0.2, 0.25) is 0 Å². The lowest BCUT2D eigenvalue weighted by atomic mass is 9.98. The molecule has 0 saturated carbocycles. The molecule has 29 heavy (non-hydrogen) atoms. The van der Waals surface area contributed by atoms with Gasteiger partial charge < -0.3 is 14.8 Å². The number of thiol groups is 1. The van der Waals surface area contributed by atoms with Crippen molar-refractivity contribution in [3.8, 4) is 11.3 Å². The minimum atomic E-state index is -1.06. The van der Waals surface area contributed by atoms with Crippen molar-refractivity contribution in [2.45, 2.75) is 18.9 Å². The monoisotopic (exact) mass is 409 g/mol. The van der Waals surface area contributed by atoms with Crippen LogP contribution in [0.15, 0.2) is 77.4 Å². The molecule has 6 heteroatoms. The van der Waals surface area contributed by atoms with Crippen LogP contribution in [0.1, 0.15) is 11.1 Å². The molecule has 2 aromatic carbocycles. The number of carboxylic acids is 1. The molecular weight excluding hydrogens is 386 g/mol. The van der Waals surface area contributed by atoms with Crippen LogP contribution in [0.4, 0.5) is 0 Å². The molecule has 0 aliphatic carbocycles. The average Bonchev–Trinajstić information content (AvgIpc) is 3.27. The summed E-state index contributed by atoms with van der Waals surface area (Å²) >= 11 is 4.28. The van der Waals surface area contributed by atoms with Crippen LogP contribution < -0.4 is 5.32 Å². The van der Waals surface area contributed by atoms with Gasteiger partial charge in [0.2, 0.25) is 5.91 Å². The van der Waals surface area contributed by atoms with E-state index in [0.717, 1.165) is 22.5 Å². The van der Waals surface area contributed by atoms with Crippen molar-refractivity contribution < 1.29 is 19.1 Å². The van der Waals surface area contributed by atoms with Gasteiger partial charge in [-0.15, -0.1) is 0 Å². The molecule has 0 spiro atoms. The highest BCUT2D eigenvalue weighted by Crippen LogP contribution is 2.20. The van der Waals surface area contributed by atoms with Crippen molar-refractivity contribution in [1.82, 2.24) is 5.32 Å². The molecule has 2 N–H and O–H groups in total. The predicted molar refractivity (Wildman–Crippen MR) is 115 cm³/mol. The molecule has 1 aromatic heterocycles. The topological polar surface area (TPSA) is 79.5 Å². The smallest absolute Gasteiger partial charge is 0.326 e. The minimum absolute atomic E-state index is 0.199. The molecule has 150 valence electrons. The van der Waals surface area contributed by atoms with Crippen molar-refractivity contribution in [1.29, 1.82) is 0 Å². The van der Waals surface area contributed by atoms with E-state index in [1.54, 1.807) is 6.26 Å². The zero-order chi connectivity index (χ0) is 20.6. The molecule has 3 aromatic rings. The zero-order valence-electron chi connectivity index (χ0n) is 15.8. The third-order valence-corrected chi connectivity index (χ3v) is 5.17. The number of aliphatic carboxylic acids is 1. The normalized spacial score (nSPS) is 12.9. The second-order valence-electron chi connectivity index (χ2n) is 6.85. The first kappa shape index (κ1) is 20.7. The summed E-state index contributed by atoms with van der Waals surface area (Å²) in [5, 5.41) is 12.3. The van der Waals surface area contributed by atoms with E-state index < -0.39 is 17.9 Å². The number of amides is 1. The Morgan fingerprint density at radius 3 is 2.21 bits per heavy atom.